The quantitative estimate of drug-likeness (QED) is 0.366. The molecule has 0 atom stereocenters. The number of imidazole rings is 1. The third-order valence-electron chi connectivity index (χ3n) is 4.68. The topological polar surface area (TPSA) is 81.2 Å². The molecular weight excluding hydrogens is 444 g/mol. The molecule has 0 bridgehead atoms. The number of rotatable bonds is 7. The lowest BCUT2D eigenvalue weighted by Crippen LogP contribution is -2.22. The Morgan fingerprint density at radius 3 is 2.67 bits per heavy atom. The zero-order valence-corrected chi connectivity index (χ0v) is 19.2. The van der Waals surface area contributed by atoms with Crippen molar-refractivity contribution in [3.63, 3.8) is 0 Å². The summed E-state index contributed by atoms with van der Waals surface area (Å²) >= 11 is 7.46. The van der Waals surface area contributed by atoms with Gasteiger partial charge in [0.1, 0.15) is 11.3 Å². The van der Waals surface area contributed by atoms with Crippen molar-refractivity contribution >= 4 is 55.5 Å². The van der Waals surface area contributed by atoms with Crippen molar-refractivity contribution in [1.29, 1.82) is 0 Å². The Balaban J connectivity index is 1.67. The molecule has 4 rings (SSSR count). The van der Waals surface area contributed by atoms with Gasteiger partial charge in [-0.05, 0) is 36.8 Å². The Morgan fingerprint density at radius 2 is 1.93 bits per heavy atom. The molecule has 158 valence electrons. The molecule has 10 heteroatoms. The highest BCUT2D eigenvalue weighted by molar-refractivity contribution is 7.98. The number of sulfonamides is 1. The van der Waals surface area contributed by atoms with E-state index < -0.39 is 10.0 Å². The first-order chi connectivity index (χ1) is 14.3. The number of aryl methyl sites for hydroxylation is 1. The second-order valence-corrected chi connectivity index (χ2v) is 10.5. The summed E-state index contributed by atoms with van der Waals surface area (Å²) in [6.07, 6.45) is 0.933. The van der Waals surface area contributed by atoms with Crippen LogP contribution in [0.1, 0.15) is 19.2 Å². The van der Waals surface area contributed by atoms with E-state index in [0.717, 1.165) is 29.8 Å². The molecule has 0 fully saturated rings. The summed E-state index contributed by atoms with van der Waals surface area (Å²) in [6.45, 7) is 2.88. The molecule has 2 aromatic heterocycles. The Bertz CT molecular complexity index is 1330. The fourth-order valence-electron chi connectivity index (χ4n) is 3.18. The number of benzene rings is 2. The highest BCUT2D eigenvalue weighted by Crippen LogP contribution is 2.29. The van der Waals surface area contributed by atoms with E-state index in [1.807, 2.05) is 12.1 Å². The molecule has 0 unspecified atom stereocenters. The second kappa shape index (κ2) is 8.22. The molecule has 0 saturated heterocycles. The maximum absolute atomic E-state index is 12.5. The first-order valence-electron chi connectivity index (χ1n) is 9.40. The minimum absolute atomic E-state index is 0.233. The average Bonchev–Trinajstić information content (AvgIpc) is 3.26. The second-order valence-electron chi connectivity index (χ2n) is 7.00. The SMILES string of the molecule is CCCn1c(CSc2nc3ccc(Cl)cc3o2)nc2cc(S(=O)(=O)N(C)C)ccc21. The van der Waals surface area contributed by atoms with Crippen molar-refractivity contribution in [1.82, 2.24) is 18.8 Å². The molecule has 0 aliphatic heterocycles. The number of halogens is 1. The molecule has 0 saturated carbocycles. The van der Waals surface area contributed by atoms with Crippen LogP contribution in [0, 0.1) is 0 Å². The smallest absolute Gasteiger partial charge is 0.257 e. The average molecular weight is 465 g/mol. The van der Waals surface area contributed by atoms with Crippen LogP contribution in [0.4, 0.5) is 0 Å². The minimum Gasteiger partial charge on any atom is -0.431 e. The summed E-state index contributed by atoms with van der Waals surface area (Å²) in [7, 11) is -0.477. The summed E-state index contributed by atoms with van der Waals surface area (Å²) in [4.78, 5) is 9.43. The molecule has 0 amide bonds. The number of fused-ring (bicyclic) bond motifs is 2. The van der Waals surface area contributed by atoms with Crippen molar-refractivity contribution in [2.45, 2.75) is 35.8 Å². The van der Waals surface area contributed by atoms with Gasteiger partial charge in [0.05, 0.1) is 21.7 Å². The van der Waals surface area contributed by atoms with Gasteiger partial charge in [0, 0.05) is 31.7 Å². The largest absolute Gasteiger partial charge is 0.431 e. The van der Waals surface area contributed by atoms with E-state index in [4.69, 9.17) is 21.0 Å². The first-order valence-corrected chi connectivity index (χ1v) is 12.2. The van der Waals surface area contributed by atoms with E-state index in [9.17, 15) is 8.42 Å². The summed E-state index contributed by atoms with van der Waals surface area (Å²) < 4.78 is 34.0. The highest BCUT2D eigenvalue weighted by Gasteiger charge is 2.20. The van der Waals surface area contributed by atoms with Crippen LogP contribution in [-0.4, -0.2) is 41.4 Å². The number of aromatic nitrogens is 3. The lowest BCUT2D eigenvalue weighted by atomic mass is 10.3. The molecule has 0 aliphatic rings. The molecule has 0 spiro atoms. The summed E-state index contributed by atoms with van der Waals surface area (Å²) in [5.74, 6) is 1.39. The van der Waals surface area contributed by atoms with E-state index in [2.05, 4.69) is 16.5 Å². The maximum atomic E-state index is 12.5. The maximum Gasteiger partial charge on any atom is 0.257 e. The van der Waals surface area contributed by atoms with Gasteiger partial charge in [-0.25, -0.2) is 22.7 Å². The van der Waals surface area contributed by atoms with Gasteiger partial charge < -0.3 is 8.98 Å². The van der Waals surface area contributed by atoms with Crippen molar-refractivity contribution in [3.05, 3.63) is 47.2 Å². The standard InChI is InChI=1S/C20H21ClN4O3S2/c1-4-9-25-17-8-6-14(30(26,27)24(2)3)11-16(17)22-19(25)12-29-20-23-15-7-5-13(21)10-18(15)28-20/h5-8,10-11H,4,9,12H2,1-3H3. The minimum atomic E-state index is -3.51. The predicted molar refractivity (Wildman–Crippen MR) is 119 cm³/mol. The summed E-state index contributed by atoms with van der Waals surface area (Å²) in [5.41, 5.74) is 2.97. The third-order valence-corrected chi connectivity index (χ3v) is 7.55. The van der Waals surface area contributed by atoms with Crippen molar-refractivity contribution in [2.75, 3.05) is 14.1 Å². The normalized spacial score (nSPS) is 12.4. The summed E-state index contributed by atoms with van der Waals surface area (Å²) in [5, 5.41) is 1.14. The highest BCUT2D eigenvalue weighted by atomic mass is 35.5. The van der Waals surface area contributed by atoms with E-state index in [1.54, 1.807) is 24.3 Å². The van der Waals surface area contributed by atoms with Crippen LogP contribution in [0.25, 0.3) is 22.1 Å². The molecule has 4 aromatic rings. The van der Waals surface area contributed by atoms with Gasteiger partial charge in [0.15, 0.2) is 5.58 Å². The lowest BCUT2D eigenvalue weighted by molar-refractivity contribution is 0.489. The zero-order valence-electron chi connectivity index (χ0n) is 16.8. The van der Waals surface area contributed by atoms with E-state index in [1.165, 1.54) is 30.2 Å². The molecule has 2 heterocycles. The molecular formula is C20H21ClN4O3S2. The number of oxazole rings is 1. The van der Waals surface area contributed by atoms with E-state index in [0.29, 0.717) is 27.1 Å². The van der Waals surface area contributed by atoms with Crippen LogP contribution in [0.5, 0.6) is 0 Å². The molecule has 0 N–H and O–H groups in total. The molecule has 0 aliphatic carbocycles. The van der Waals surface area contributed by atoms with E-state index in [-0.39, 0.29) is 4.90 Å². The van der Waals surface area contributed by atoms with Crippen molar-refractivity contribution in [2.24, 2.45) is 0 Å². The fourth-order valence-corrected chi connectivity index (χ4v) is 5.05. The van der Waals surface area contributed by atoms with Crippen LogP contribution >= 0.6 is 23.4 Å². The fraction of sp³-hybridized carbons (Fsp3) is 0.300. The number of hydrogen-bond acceptors (Lipinski definition) is 6. The number of hydrogen-bond donors (Lipinski definition) is 0. The number of thioether (sulfide) groups is 1. The van der Waals surface area contributed by atoms with Crippen molar-refractivity contribution in [3.8, 4) is 0 Å². The van der Waals surface area contributed by atoms with Crippen LogP contribution in [0.2, 0.25) is 5.02 Å². The summed E-state index contributed by atoms with van der Waals surface area (Å²) in [6, 6.07) is 10.4. The van der Waals surface area contributed by atoms with Gasteiger partial charge in [-0.2, -0.15) is 0 Å². The predicted octanol–water partition coefficient (Wildman–Crippen LogP) is 4.78. The third kappa shape index (κ3) is 3.94. The monoisotopic (exact) mass is 464 g/mol. The van der Waals surface area contributed by atoms with E-state index >= 15 is 0 Å². The van der Waals surface area contributed by atoms with Crippen LogP contribution in [0.15, 0.2) is 50.9 Å². The first kappa shape index (κ1) is 21.2. The van der Waals surface area contributed by atoms with Gasteiger partial charge >= 0.3 is 0 Å². The number of nitrogens with zero attached hydrogens (tertiary/aromatic N) is 4. The molecule has 7 nitrogen and oxygen atoms in total. The van der Waals surface area contributed by atoms with Crippen molar-refractivity contribution < 1.29 is 12.8 Å². The van der Waals surface area contributed by atoms with Gasteiger partial charge in [-0.15, -0.1) is 0 Å². The van der Waals surface area contributed by atoms with Crippen LogP contribution < -0.4 is 0 Å². The molecule has 30 heavy (non-hydrogen) atoms. The van der Waals surface area contributed by atoms with Gasteiger partial charge in [-0.3, -0.25) is 0 Å². The Kier molecular flexibility index (Phi) is 5.80. The van der Waals surface area contributed by atoms with Gasteiger partial charge in [-0.1, -0.05) is 30.3 Å². The van der Waals surface area contributed by atoms with Crippen LogP contribution in [-0.2, 0) is 22.3 Å². The lowest BCUT2D eigenvalue weighted by Gasteiger charge is -2.11. The Hall–Kier alpha value is -2.07. The van der Waals surface area contributed by atoms with Gasteiger partial charge in [0.25, 0.3) is 5.22 Å². The van der Waals surface area contributed by atoms with Crippen LogP contribution in [0.3, 0.4) is 0 Å². The molecule has 0 radical (unpaired) electrons. The zero-order chi connectivity index (χ0) is 21.5. The Morgan fingerprint density at radius 1 is 1.13 bits per heavy atom. The Labute approximate surface area is 184 Å². The van der Waals surface area contributed by atoms with Gasteiger partial charge in [0.2, 0.25) is 10.0 Å². The molecule has 2 aromatic carbocycles.